The molecule has 0 spiro atoms. The molecule has 2 fully saturated rings. The van der Waals surface area contributed by atoms with Crippen molar-refractivity contribution in [3.8, 4) is 0 Å². The monoisotopic (exact) mass is 448 g/mol. The molecule has 5 heteroatoms. The number of carbonyl (C=O) groups is 2. The highest BCUT2D eigenvalue weighted by atomic mass is 16.7. The second-order valence-corrected chi connectivity index (χ2v) is 8.76. The van der Waals surface area contributed by atoms with Gasteiger partial charge in [0.1, 0.15) is 5.92 Å². The molecule has 4 aromatic carbocycles. The SMILES string of the molecule is CCc1ccc(N2C(=O)[C@@H]3[C@@H](ON(c4ccccc4)[C@H]3c3cccc4ccccc34)C2=O)cc1. The number of aryl methyl sites for hydroxylation is 1. The van der Waals surface area contributed by atoms with Crippen LogP contribution in [0.3, 0.4) is 0 Å². The van der Waals surface area contributed by atoms with Crippen molar-refractivity contribution in [2.75, 3.05) is 9.96 Å². The number of imide groups is 1. The third-order valence-electron chi connectivity index (χ3n) is 6.87. The molecule has 0 saturated carbocycles. The van der Waals surface area contributed by atoms with Crippen LogP contribution < -0.4 is 9.96 Å². The maximum absolute atomic E-state index is 13.8. The minimum atomic E-state index is -0.873. The summed E-state index contributed by atoms with van der Waals surface area (Å²) in [6.07, 6.45) is 0.0219. The summed E-state index contributed by atoms with van der Waals surface area (Å²) >= 11 is 0. The van der Waals surface area contributed by atoms with Crippen LogP contribution in [0.5, 0.6) is 0 Å². The van der Waals surface area contributed by atoms with Crippen LogP contribution in [0.4, 0.5) is 11.4 Å². The van der Waals surface area contributed by atoms with Crippen LogP contribution in [0.1, 0.15) is 24.1 Å². The number of para-hydroxylation sites is 1. The molecule has 0 radical (unpaired) electrons. The summed E-state index contributed by atoms with van der Waals surface area (Å²) in [4.78, 5) is 35.0. The van der Waals surface area contributed by atoms with E-state index in [-0.39, 0.29) is 11.8 Å². The Bertz CT molecular complexity index is 1380. The fourth-order valence-electron chi connectivity index (χ4n) is 5.17. The van der Waals surface area contributed by atoms with Crippen molar-refractivity contribution in [1.82, 2.24) is 0 Å². The predicted molar refractivity (Wildman–Crippen MR) is 132 cm³/mol. The summed E-state index contributed by atoms with van der Waals surface area (Å²) < 4.78 is 0. The van der Waals surface area contributed by atoms with E-state index in [1.807, 2.05) is 78.9 Å². The molecule has 0 N–H and O–H groups in total. The van der Waals surface area contributed by atoms with Crippen molar-refractivity contribution < 1.29 is 14.4 Å². The van der Waals surface area contributed by atoms with Crippen LogP contribution in [0, 0.1) is 5.92 Å². The van der Waals surface area contributed by atoms with Crippen LogP contribution >= 0.6 is 0 Å². The molecule has 2 amide bonds. The summed E-state index contributed by atoms with van der Waals surface area (Å²) in [6.45, 7) is 2.08. The van der Waals surface area contributed by atoms with Gasteiger partial charge in [-0.05, 0) is 52.6 Å². The number of benzene rings is 4. The van der Waals surface area contributed by atoms with Crippen molar-refractivity contribution in [2.45, 2.75) is 25.5 Å². The lowest BCUT2D eigenvalue weighted by atomic mass is 9.87. The molecular weight excluding hydrogens is 424 g/mol. The number of hydrogen-bond acceptors (Lipinski definition) is 4. The first kappa shape index (κ1) is 20.6. The number of carbonyl (C=O) groups excluding carboxylic acids is 2. The Morgan fingerprint density at radius 3 is 2.21 bits per heavy atom. The highest BCUT2D eigenvalue weighted by Crippen LogP contribution is 2.48. The summed E-state index contributed by atoms with van der Waals surface area (Å²) in [7, 11) is 0. The van der Waals surface area contributed by atoms with E-state index in [4.69, 9.17) is 4.84 Å². The molecular formula is C29H24N2O3. The molecule has 5 nitrogen and oxygen atoms in total. The predicted octanol–water partition coefficient (Wildman–Crippen LogP) is 5.45. The molecule has 2 heterocycles. The average Bonchev–Trinajstić information content (AvgIpc) is 3.40. The fourth-order valence-corrected chi connectivity index (χ4v) is 5.17. The number of rotatable bonds is 4. The zero-order chi connectivity index (χ0) is 23.2. The molecule has 0 aliphatic carbocycles. The Labute approximate surface area is 198 Å². The standard InChI is InChI=1S/C29H24N2O3/c1-2-19-15-17-21(18-16-19)30-28(32)25-26(24-14-8-10-20-9-6-7-13-23(20)24)31(34-27(25)29(30)33)22-11-4-3-5-12-22/h3-18,25-27H,2H2,1H3/t25-,26-,27+/m0/s1. The normalized spacial score (nSPS) is 22.0. The van der Waals surface area contributed by atoms with Gasteiger partial charge < -0.3 is 0 Å². The lowest BCUT2D eigenvalue weighted by Crippen LogP contribution is -2.37. The third-order valence-corrected chi connectivity index (χ3v) is 6.87. The molecule has 2 aliphatic heterocycles. The lowest BCUT2D eigenvalue weighted by molar-refractivity contribution is -0.126. The first-order chi connectivity index (χ1) is 16.7. The molecule has 2 aliphatic rings. The van der Waals surface area contributed by atoms with Gasteiger partial charge in [0, 0.05) is 0 Å². The van der Waals surface area contributed by atoms with E-state index in [0.29, 0.717) is 5.69 Å². The van der Waals surface area contributed by atoms with Crippen LogP contribution in [-0.2, 0) is 20.8 Å². The van der Waals surface area contributed by atoms with Crippen molar-refractivity contribution in [1.29, 1.82) is 0 Å². The van der Waals surface area contributed by atoms with E-state index in [2.05, 4.69) is 25.1 Å². The highest BCUT2D eigenvalue weighted by molar-refractivity contribution is 6.24. The van der Waals surface area contributed by atoms with E-state index in [1.165, 1.54) is 4.90 Å². The summed E-state index contributed by atoms with van der Waals surface area (Å²) in [5, 5.41) is 3.89. The van der Waals surface area contributed by atoms with Crippen LogP contribution in [0.15, 0.2) is 97.1 Å². The van der Waals surface area contributed by atoms with Gasteiger partial charge in [-0.3, -0.25) is 14.4 Å². The number of nitrogens with zero attached hydrogens (tertiary/aromatic N) is 2. The molecule has 0 aromatic heterocycles. The van der Waals surface area contributed by atoms with Gasteiger partial charge in [0.2, 0.25) is 5.91 Å². The van der Waals surface area contributed by atoms with E-state index in [1.54, 1.807) is 5.06 Å². The zero-order valence-electron chi connectivity index (χ0n) is 18.8. The Kier molecular flexibility index (Phi) is 4.93. The second kappa shape index (κ2) is 8.12. The van der Waals surface area contributed by atoms with Crippen LogP contribution in [-0.4, -0.2) is 17.9 Å². The zero-order valence-corrected chi connectivity index (χ0v) is 18.8. The van der Waals surface area contributed by atoms with Gasteiger partial charge in [0.25, 0.3) is 5.91 Å². The number of hydroxylamine groups is 1. The molecule has 168 valence electrons. The third kappa shape index (κ3) is 3.12. The van der Waals surface area contributed by atoms with Crippen LogP contribution in [0.25, 0.3) is 10.8 Å². The van der Waals surface area contributed by atoms with Crippen molar-refractivity contribution in [2.24, 2.45) is 5.92 Å². The molecule has 0 unspecified atom stereocenters. The van der Waals surface area contributed by atoms with Gasteiger partial charge >= 0.3 is 0 Å². The van der Waals surface area contributed by atoms with Crippen molar-refractivity contribution in [3.63, 3.8) is 0 Å². The number of amides is 2. The van der Waals surface area contributed by atoms with Gasteiger partial charge in [0.05, 0.1) is 17.4 Å². The quantitative estimate of drug-likeness (QED) is 0.390. The number of hydrogen-bond donors (Lipinski definition) is 0. The number of fused-ring (bicyclic) bond motifs is 2. The Hall–Kier alpha value is -3.96. The van der Waals surface area contributed by atoms with Gasteiger partial charge in [0.15, 0.2) is 6.10 Å². The molecule has 4 aromatic rings. The molecule has 3 atom stereocenters. The van der Waals surface area contributed by atoms with E-state index in [0.717, 1.165) is 34.0 Å². The van der Waals surface area contributed by atoms with Gasteiger partial charge in [-0.25, -0.2) is 9.96 Å². The molecule has 2 saturated heterocycles. The summed E-state index contributed by atoms with van der Waals surface area (Å²) in [6, 6.07) is 31.1. The minimum absolute atomic E-state index is 0.226. The summed E-state index contributed by atoms with van der Waals surface area (Å²) in [5.41, 5.74) is 3.53. The largest absolute Gasteiger partial charge is 0.273 e. The first-order valence-electron chi connectivity index (χ1n) is 11.6. The summed E-state index contributed by atoms with van der Waals surface area (Å²) in [5.74, 6) is -1.19. The van der Waals surface area contributed by atoms with Crippen molar-refractivity contribution in [3.05, 3.63) is 108 Å². The van der Waals surface area contributed by atoms with E-state index >= 15 is 0 Å². The topological polar surface area (TPSA) is 49.9 Å². The molecule has 6 rings (SSSR count). The Morgan fingerprint density at radius 1 is 0.735 bits per heavy atom. The van der Waals surface area contributed by atoms with Crippen LogP contribution in [0.2, 0.25) is 0 Å². The lowest BCUT2D eigenvalue weighted by Gasteiger charge is -2.29. The fraction of sp³-hybridized carbons (Fsp3) is 0.172. The molecule has 34 heavy (non-hydrogen) atoms. The second-order valence-electron chi connectivity index (χ2n) is 8.76. The highest BCUT2D eigenvalue weighted by Gasteiger charge is 2.60. The Balaban J connectivity index is 1.48. The maximum Gasteiger partial charge on any atom is 0.266 e. The number of anilines is 2. The first-order valence-corrected chi connectivity index (χ1v) is 11.6. The molecule has 0 bridgehead atoms. The van der Waals surface area contributed by atoms with Gasteiger partial charge in [-0.1, -0.05) is 79.7 Å². The van der Waals surface area contributed by atoms with E-state index < -0.39 is 18.1 Å². The minimum Gasteiger partial charge on any atom is -0.273 e. The van der Waals surface area contributed by atoms with Gasteiger partial charge in [-0.2, -0.15) is 0 Å². The average molecular weight is 449 g/mol. The van der Waals surface area contributed by atoms with Crippen molar-refractivity contribution >= 4 is 34.0 Å². The van der Waals surface area contributed by atoms with Gasteiger partial charge in [-0.15, -0.1) is 0 Å². The smallest absolute Gasteiger partial charge is 0.266 e. The maximum atomic E-state index is 13.8. The van der Waals surface area contributed by atoms with E-state index in [9.17, 15) is 9.59 Å². The Morgan fingerprint density at radius 2 is 1.44 bits per heavy atom.